The van der Waals surface area contributed by atoms with Gasteiger partial charge in [0, 0.05) is 26.2 Å². The highest BCUT2D eigenvalue weighted by Gasteiger charge is 2.25. The van der Waals surface area contributed by atoms with Gasteiger partial charge in [-0.2, -0.15) is 4.37 Å². The molecule has 0 spiro atoms. The van der Waals surface area contributed by atoms with Gasteiger partial charge in [0.2, 0.25) is 5.88 Å². The molecule has 0 fully saturated rings. The number of benzene rings is 1. The van der Waals surface area contributed by atoms with E-state index in [4.69, 9.17) is 4.74 Å². The molecule has 0 N–H and O–H groups in total. The first-order chi connectivity index (χ1) is 10.2. The molecule has 2 heterocycles. The number of carbonyl (C=O) groups is 1. The van der Waals surface area contributed by atoms with Crippen molar-refractivity contribution in [2.45, 2.75) is 6.42 Å². The maximum Gasteiger partial charge on any atom is 0.270 e. The van der Waals surface area contributed by atoms with Gasteiger partial charge in [0.1, 0.15) is 4.88 Å². The van der Waals surface area contributed by atoms with Crippen molar-refractivity contribution >= 4 is 28.8 Å². The molecule has 21 heavy (non-hydrogen) atoms. The molecule has 1 aliphatic heterocycles. The Kier molecular flexibility index (Phi) is 3.79. The van der Waals surface area contributed by atoms with Crippen LogP contribution in [0.25, 0.3) is 0 Å². The molecule has 1 amide bonds. The molecule has 0 aliphatic carbocycles. The number of ether oxygens (including phenoxy) is 1. The summed E-state index contributed by atoms with van der Waals surface area (Å²) >= 11 is 1.18. The third kappa shape index (κ3) is 2.58. The zero-order chi connectivity index (χ0) is 14.8. The number of amides is 1. The Bertz CT molecular complexity index is 656. The van der Waals surface area contributed by atoms with Crippen molar-refractivity contribution in [3.05, 3.63) is 35.2 Å². The topological polar surface area (TPSA) is 45.7 Å². The van der Waals surface area contributed by atoms with Crippen LogP contribution in [0.2, 0.25) is 0 Å². The molecular weight excluding hydrogens is 286 g/mol. The second-order valence-electron chi connectivity index (χ2n) is 4.95. The van der Waals surface area contributed by atoms with Gasteiger partial charge in [-0.1, -0.05) is 12.1 Å². The SMILES string of the molecule is COc1cc(C(=O)N2CCCN(C)c3ccccc32)sn1. The van der Waals surface area contributed by atoms with E-state index < -0.39 is 0 Å². The minimum Gasteiger partial charge on any atom is -0.480 e. The van der Waals surface area contributed by atoms with Crippen LogP contribution in [0.1, 0.15) is 16.1 Å². The Hall–Kier alpha value is -2.08. The predicted octanol–water partition coefficient (Wildman–Crippen LogP) is 2.64. The molecule has 0 bridgehead atoms. The molecule has 2 aromatic rings. The summed E-state index contributed by atoms with van der Waals surface area (Å²) in [5.74, 6) is 0.474. The Morgan fingerprint density at radius 1 is 1.29 bits per heavy atom. The molecule has 5 nitrogen and oxygen atoms in total. The molecule has 110 valence electrons. The van der Waals surface area contributed by atoms with Gasteiger partial charge in [0.25, 0.3) is 5.91 Å². The van der Waals surface area contributed by atoms with Crippen LogP contribution >= 0.6 is 11.5 Å². The number of hydrogen-bond donors (Lipinski definition) is 0. The van der Waals surface area contributed by atoms with Gasteiger partial charge in [0.15, 0.2) is 0 Å². The molecular formula is C15H17N3O2S. The van der Waals surface area contributed by atoms with Crippen LogP contribution in [0, 0.1) is 0 Å². The van der Waals surface area contributed by atoms with E-state index in [2.05, 4.69) is 16.3 Å². The van der Waals surface area contributed by atoms with Crippen LogP contribution in [0.4, 0.5) is 11.4 Å². The Labute approximate surface area is 127 Å². The molecule has 0 unspecified atom stereocenters. The van der Waals surface area contributed by atoms with E-state index in [9.17, 15) is 4.79 Å². The lowest BCUT2D eigenvalue weighted by atomic mass is 10.2. The summed E-state index contributed by atoms with van der Waals surface area (Å²) in [6, 6.07) is 9.70. The average Bonchev–Trinajstić information content (AvgIpc) is 2.93. The minimum absolute atomic E-state index is 0.0152. The Morgan fingerprint density at radius 2 is 2.05 bits per heavy atom. The lowest BCUT2D eigenvalue weighted by molar-refractivity contribution is 0.0991. The third-order valence-corrected chi connectivity index (χ3v) is 4.37. The van der Waals surface area contributed by atoms with Gasteiger partial charge in [-0.15, -0.1) is 0 Å². The molecule has 0 saturated heterocycles. The molecule has 0 saturated carbocycles. The molecule has 1 aromatic carbocycles. The summed E-state index contributed by atoms with van der Waals surface area (Å²) in [7, 11) is 3.61. The van der Waals surface area contributed by atoms with Crippen LogP contribution in [0.15, 0.2) is 30.3 Å². The highest BCUT2D eigenvalue weighted by Crippen LogP contribution is 2.33. The van der Waals surface area contributed by atoms with Gasteiger partial charge in [-0.05, 0) is 30.1 Å². The van der Waals surface area contributed by atoms with Crippen LogP contribution in [0.3, 0.4) is 0 Å². The van der Waals surface area contributed by atoms with E-state index >= 15 is 0 Å². The summed E-state index contributed by atoms with van der Waals surface area (Å²) in [4.78, 5) is 17.4. The normalized spacial score (nSPS) is 14.6. The maximum atomic E-state index is 12.8. The van der Waals surface area contributed by atoms with E-state index in [-0.39, 0.29) is 5.91 Å². The van der Waals surface area contributed by atoms with E-state index in [0.717, 1.165) is 24.3 Å². The van der Waals surface area contributed by atoms with Crippen LogP contribution in [-0.4, -0.2) is 37.5 Å². The van der Waals surface area contributed by atoms with Gasteiger partial charge in [0.05, 0.1) is 18.5 Å². The van der Waals surface area contributed by atoms with Gasteiger partial charge < -0.3 is 14.5 Å². The zero-order valence-electron chi connectivity index (χ0n) is 12.1. The largest absolute Gasteiger partial charge is 0.480 e. The molecule has 3 rings (SSSR count). The first kappa shape index (κ1) is 13.9. The van der Waals surface area contributed by atoms with Crippen molar-refractivity contribution in [1.82, 2.24) is 4.37 Å². The second-order valence-corrected chi connectivity index (χ2v) is 5.76. The van der Waals surface area contributed by atoms with Crippen LogP contribution < -0.4 is 14.5 Å². The predicted molar refractivity (Wildman–Crippen MR) is 84.7 cm³/mol. The molecule has 6 heteroatoms. The molecule has 0 atom stereocenters. The minimum atomic E-state index is -0.0152. The quantitative estimate of drug-likeness (QED) is 0.855. The fourth-order valence-corrected chi connectivity index (χ4v) is 3.18. The number of carbonyl (C=O) groups excluding carboxylic acids is 1. The lowest BCUT2D eigenvalue weighted by Crippen LogP contribution is -2.30. The Morgan fingerprint density at radius 3 is 2.76 bits per heavy atom. The zero-order valence-corrected chi connectivity index (χ0v) is 12.9. The number of fused-ring (bicyclic) bond motifs is 1. The van der Waals surface area contributed by atoms with Crippen molar-refractivity contribution in [1.29, 1.82) is 0 Å². The Balaban J connectivity index is 1.97. The van der Waals surface area contributed by atoms with E-state index in [1.54, 1.807) is 13.2 Å². The van der Waals surface area contributed by atoms with Gasteiger partial charge >= 0.3 is 0 Å². The van der Waals surface area contributed by atoms with Crippen molar-refractivity contribution in [3.63, 3.8) is 0 Å². The summed E-state index contributed by atoms with van der Waals surface area (Å²) in [5, 5.41) is 0. The molecule has 1 aromatic heterocycles. The fraction of sp³-hybridized carbons (Fsp3) is 0.333. The van der Waals surface area contributed by atoms with Crippen molar-refractivity contribution in [2.24, 2.45) is 0 Å². The summed E-state index contributed by atoms with van der Waals surface area (Å²) in [5.41, 5.74) is 2.04. The monoisotopic (exact) mass is 303 g/mol. The summed E-state index contributed by atoms with van der Waals surface area (Å²) in [6.45, 7) is 1.65. The molecule has 1 aliphatic rings. The number of nitrogens with zero attached hydrogens (tertiary/aromatic N) is 3. The third-order valence-electron chi connectivity index (χ3n) is 3.61. The van der Waals surface area contributed by atoms with E-state index in [1.165, 1.54) is 11.5 Å². The van der Waals surface area contributed by atoms with Gasteiger partial charge in [-0.3, -0.25) is 4.79 Å². The highest BCUT2D eigenvalue weighted by atomic mass is 32.1. The average molecular weight is 303 g/mol. The first-order valence-electron chi connectivity index (χ1n) is 6.83. The van der Waals surface area contributed by atoms with Crippen LogP contribution in [-0.2, 0) is 0 Å². The lowest BCUT2D eigenvalue weighted by Gasteiger charge is -2.23. The second kappa shape index (κ2) is 5.73. The fourth-order valence-electron chi connectivity index (χ4n) is 2.52. The molecule has 0 radical (unpaired) electrons. The number of methoxy groups -OCH3 is 1. The number of hydrogen-bond acceptors (Lipinski definition) is 5. The van der Waals surface area contributed by atoms with E-state index in [1.807, 2.05) is 29.2 Å². The standard InChI is InChI=1S/C15H17N3O2S/c1-17-8-5-9-18(12-7-4-3-6-11(12)17)15(19)13-10-14(20-2)16-21-13/h3-4,6-7,10H,5,8-9H2,1-2H3. The summed E-state index contributed by atoms with van der Waals surface area (Å²) in [6.07, 6.45) is 0.937. The van der Waals surface area contributed by atoms with Gasteiger partial charge in [-0.25, -0.2) is 0 Å². The highest BCUT2D eigenvalue weighted by molar-refractivity contribution is 7.08. The number of aromatic nitrogens is 1. The summed E-state index contributed by atoms with van der Waals surface area (Å²) < 4.78 is 9.17. The number of anilines is 2. The van der Waals surface area contributed by atoms with Crippen molar-refractivity contribution in [3.8, 4) is 5.88 Å². The maximum absolute atomic E-state index is 12.8. The van der Waals surface area contributed by atoms with E-state index in [0.29, 0.717) is 17.3 Å². The smallest absolute Gasteiger partial charge is 0.270 e. The van der Waals surface area contributed by atoms with Crippen molar-refractivity contribution < 1.29 is 9.53 Å². The number of rotatable bonds is 2. The van der Waals surface area contributed by atoms with Crippen LogP contribution in [0.5, 0.6) is 5.88 Å². The first-order valence-corrected chi connectivity index (χ1v) is 7.61. The van der Waals surface area contributed by atoms with Crippen molar-refractivity contribution in [2.75, 3.05) is 37.0 Å². The number of para-hydroxylation sites is 2.